The molecule has 0 amide bonds. The Bertz CT molecular complexity index is 149. The van der Waals surface area contributed by atoms with Crippen LogP contribution in [0.5, 0.6) is 0 Å². The number of hydrogen-bond donors (Lipinski definition) is 0. The topological polar surface area (TPSA) is 18.5 Å². The van der Waals surface area contributed by atoms with Crippen LogP contribution in [0.2, 0.25) is 0 Å². The molecule has 12 heavy (non-hydrogen) atoms. The summed E-state index contributed by atoms with van der Waals surface area (Å²) in [5, 5.41) is 0. The molecule has 1 heterocycles. The average molecular weight is 170 g/mol. The lowest BCUT2D eigenvalue weighted by atomic mass is 10.1. The summed E-state index contributed by atoms with van der Waals surface area (Å²) in [5.74, 6) is -0.327. The van der Waals surface area contributed by atoms with Crippen LogP contribution in [0.15, 0.2) is 0 Å². The Labute approximate surface area is 74.2 Å². The van der Waals surface area contributed by atoms with Crippen molar-refractivity contribution in [3.8, 4) is 0 Å². The van der Waals surface area contributed by atoms with E-state index in [1.165, 1.54) is 32.1 Å². The minimum atomic E-state index is -0.327. The van der Waals surface area contributed by atoms with E-state index < -0.39 is 0 Å². The van der Waals surface area contributed by atoms with Crippen LogP contribution >= 0.6 is 0 Å². The molecule has 0 radical (unpaired) electrons. The number of rotatable bonds is 0. The van der Waals surface area contributed by atoms with Crippen LogP contribution < -0.4 is 0 Å². The van der Waals surface area contributed by atoms with Crippen LogP contribution in [0.1, 0.15) is 46.0 Å². The third kappa shape index (κ3) is 1.64. The van der Waals surface area contributed by atoms with E-state index in [9.17, 15) is 0 Å². The molecule has 0 bridgehead atoms. The summed E-state index contributed by atoms with van der Waals surface area (Å²) in [6.07, 6.45) is 7.09. The third-order valence-electron chi connectivity index (χ3n) is 2.76. The Kier molecular flexibility index (Phi) is 2.13. The highest BCUT2D eigenvalue weighted by Crippen LogP contribution is 2.35. The number of hydrogen-bond acceptors (Lipinski definition) is 2. The summed E-state index contributed by atoms with van der Waals surface area (Å²) in [6, 6.07) is 0. The highest BCUT2D eigenvalue weighted by molar-refractivity contribution is 4.83. The number of ether oxygens (including phenoxy) is 2. The minimum Gasteiger partial charge on any atom is -0.345 e. The molecular formula is C10H18O2. The summed E-state index contributed by atoms with van der Waals surface area (Å²) in [4.78, 5) is 0. The second-order valence-corrected chi connectivity index (χ2v) is 4.35. The lowest BCUT2D eigenvalue weighted by molar-refractivity contribution is -0.148. The summed E-state index contributed by atoms with van der Waals surface area (Å²) in [5.41, 5.74) is 0. The normalized spacial score (nSPS) is 40.5. The first-order valence-corrected chi connectivity index (χ1v) is 5.03. The van der Waals surface area contributed by atoms with Gasteiger partial charge in [-0.05, 0) is 26.7 Å². The molecule has 0 aromatic carbocycles. The van der Waals surface area contributed by atoms with Crippen LogP contribution in [0.25, 0.3) is 0 Å². The van der Waals surface area contributed by atoms with Gasteiger partial charge >= 0.3 is 0 Å². The molecule has 0 aromatic rings. The highest BCUT2D eigenvalue weighted by Gasteiger charge is 2.40. The van der Waals surface area contributed by atoms with E-state index in [-0.39, 0.29) is 5.79 Å². The third-order valence-corrected chi connectivity index (χ3v) is 2.76. The molecule has 0 aromatic heterocycles. The Morgan fingerprint density at radius 2 is 1.42 bits per heavy atom. The maximum Gasteiger partial charge on any atom is 0.163 e. The van der Waals surface area contributed by atoms with Gasteiger partial charge in [-0.2, -0.15) is 0 Å². The largest absolute Gasteiger partial charge is 0.345 e. The van der Waals surface area contributed by atoms with Crippen molar-refractivity contribution >= 4 is 0 Å². The number of fused-ring (bicyclic) bond motifs is 1. The predicted molar refractivity (Wildman–Crippen MR) is 46.9 cm³/mol. The summed E-state index contributed by atoms with van der Waals surface area (Å²) in [6.45, 7) is 4.03. The van der Waals surface area contributed by atoms with E-state index in [2.05, 4.69) is 0 Å². The molecule has 1 saturated heterocycles. The molecule has 1 aliphatic carbocycles. The van der Waals surface area contributed by atoms with E-state index in [4.69, 9.17) is 9.47 Å². The zero-order valence-corrected chi connectivity index (χ0v) is 8.01. The Morgan fingerprint density at radius 3 is 1.92 bits per heavy atom. The van der Waals surface area contributed by atoms with Crippen molar-refractivity contribution < 1.29 is 9.47 Å². The van der Waals surface area contributed by atoms with Gasteiger partial charge in [0.15, 0.2) is 5.79 Å². The molecular weight excluding hydrogens is 152 g/mol. The van der Waals surface area contributed by atoms with Gasteiger partial charge in [0.25, 0.3) is 0 Å². The maximum atomic E-state index is 5.81. The van der Waals surface area contributed by atoms with Gasteiger partial charge in [-0.1, -0.05) is 19.3 Å². The van der Waals surface area contributed by atoms with Gasteiger partial charge in [0, 0.05) is 0 Å². The second-order valence-electron chi connectivity index (χ2n) is 4.35. The van der Waals surface area contributed by atoms with Crippen LogP contribution in [-0.4, -0.2) is 18.0 Å². The van der Waals surface area contributed by atoms with E-state index >= 15 is 0 Å². The summed E-state index contributed by atoms with van der Waals surface area (Å²) < 4.78 is 11.6. The SMILES string of the molecule is CC1(C)O[C@@H]2CCCCC[C@H]2O1. The van der Waals surface area contributed by atoms with E-state index in [1.54, 1.807) is 0 Å². The van der Waals surface area contributed by atoms with Crippen molar-refractivity contribution in [3.05, 3.63) is 0 Å². The fourth-order valence-electron chi connectivity index (χ4n) is 2.27. The van der Waals surface area contributed by atoms with Gasteiger partial charge in [-0.25, -0.2) is 0 Å². The molecule has 2 atom stereocenters. The summed E-state index contributed by atoms with van der Waals surface area (Å²) in [7, 11) is 0. The molecule has 2 rings (SSSR count). The van der Waals surface area contributed by atoms with E-state index in [0.29, 0.717) is 12.2 Å². The first-order valence-electron chi connectivity index (χ1n) is 5.03. The van der Waals surface area contributed by atoms with Crippen LogP contribution in [-0.2, 0) is 9.47 Å². The van der Waals surface area contributed by atoms with E-state index in [0.717, 1.165) is 0 Å². The Morgan fingerprint density at radius 1 is 0.917 bits per heavy atom. The molecule has 2 nitrogen and oxygen atoms in total. The first kappa shape index (κ1) is 8.52. The van der Waals surface area contributed by atoms with Gasteiger partial charge in [0.1, 0.15) is 0 Å². The van der Waals surface area contributed by atoms with Crippen molar-refractivity contribution in [1.82, 2.24) is 0 Å². The van der Waals surface area contributed by atoms with Gasteiger partial charge in [-0.3, -0.25) is 0 Å². The Balaban J connectivity index is 2.02. The standard InChI is InChI=1S/C10H18O2/c1-10(2)11-8-6-4-3-5-7-9(8)12-10/h8-9H,3-7H2,1-2H3/t8-,9-/m1/s1. The second kappa shape index (κ2) is 3.00. The van der Waals surface area contributed by atoms with Crippen molar-refractivity contribution in [2.24, 2.45) is 0 Å². The first-order chi connectivity index (χ1) is 5.67. The van der Waals surface area contributed by atoms with Crippen molar-refractivity contribution in [2.45, 2.75) is 63.9 Å². The van der Waals surface area contributed by atoms with Gasteiger partial charge in [-0.15, -0.1) is 0 Å². The molecule has 0 unspecified atom stereocenters. The molecule has 1 saturated carbocycles. The fraction of sp³-hybridized carbons (Fsp3) is 1.00. The summed E-state index contributed by atoms with van der Waals surface area (Å²) >= 11 is 0. The zero-order chi connectivity index (χ0) is 8.60. The monoisotopic (exact) mass is 170 g/mol. The lowest BCUT2D eigenvalue weighted by Gasteiger charge is -2.17. The molecule has 2 aliphatic rings. The van der Waals surface area contributed by atoms with Crippen molar-refractivity contribution in [2.75, 3.05) is 0 Å². The fourth-order valence-corrected chi connectivity index (χ4v) is 2.27. The maximum absolute atomic E-state index is 5.81. The van der Waals surface area contributed by atoms with Gasteiger partial charge < -0.3 is 9.47 Å². The average Bonchev–Trinajstić information content (AvgIpc) is 2.17. The van der Waals surface area contributed by atoms with Gasteiger partial charge in [0.2, 0.25) is 0 Å². The van der Waals surface area contributed by atoms with E-state index in [1.807, 2.05) is 13.8 Å². The van der Waals surface area contributed by atoms with Crippen molar-refractivity contribution in [1.29, 1.82) is 0 Å². The molecule has 2 heteroatoms. The molecule has 0 spiro atoms. The predicted octanol–water partition coefficient (Wildman–Crippen LogP) is 2.47. The van der Waals surface area contributed by atoms with Crippen LogP contribution in [0.3, 0.4) is 0 Å². The molecule has 1 aliphatic heterocycles. The van der Waals surface area contributed by atoms with Gasteiger partial charge in [0.05, 0.1) is 12.2 Å². The molecule has 2 fully saturated rings. The quantitative estimate of drug-likeness (QED) is 0.556. The zero-order valence-electron chi connectivity index (χ0n) is 8.01. The van der Waals surface area contributed by atoms with Crippen molar-refractivity contribution in [3.63, 3.8) is 0 Å². The lowest BCUT2D eigenvalue weighted by Crippen LogP contribution is -2.21. The van der Waals surface area contributed by atoms with Crippen LogP contribution in [0, 0.1) is 0 Å². The highest BCUT2D eigenvalue weighted by atomic mass is 16.7. The molecule has 0 N–H and O–H groups in total. The minimum absolute atomic E-state index is 0.327. The smallest absolute Gasteiger partial charge is 0.163 e. The Hall–Kier alpha value is -0.0800. The van der Waals surface area contributed by atoms with Crippen LogP contribution in [0.4, 0.5) is 0 Å². The molecule has 70 valence electrons.